The lowest BCUT2D eigenvalue weighted by Gasteiger charge is -2.37. The van der Waals surface area contributed by atoms with Crippen LogP contribution in [0.15, 0.2) is 60.7 Å². The Morgan fingerprint density at radius 2 is 1.64 bits per heavy atom. The molecule has 2 aliphatic rings. The lowest BCUT2D eigenvalue weighted by molar-refractivity contribution is -0.124. The molecule has 1 saturated heterocycles. The zero-order chi connectivity index (χ0) is 19.3. The summed E-state index contributed by atoms with van der Waals surface area (Å²) in [4.78, 5) is 28.6. The van der Waals surface area contributed by atoms with Gasteiger partial charge < -0.3 is 9.80 Å². The summed E-state index contributed by atoms with van der Waals surface area (Å²) in [6.07, 6.45) is -0.509. The Morgan fingerprint density at radius 1 is 0.964 bits per heavy atom. The fourth-order valence-corrected chi connectivity index (χ4v) is 3.93. The number of anilines is 1. The second-order valence-electron chi connectivity index (χ2n) is 6.94. The number of likely N-dealkylation sites (N-methyl/N-ethyl adjacent to an activating group) is 1. The third-order valence-electron chi connectivity index (χ3n) is 5.26. The van der Waals surface area contributed by atoms with E-state index in [2.05, 4.69) is 15.5 Å². The molecule has 0 bridgehead atoms. The van der Waals surface area contributed by atoms with Crippen LogP contribution in [0, 0.1) is 0 Å². The standard InChI is InChI=1S/C20H18N6O2/c1-24-18-15(17(27)21-20(24)28)25(12-13-8-4-2-5-9-13)19-23-22-16(26(18)19)14-10-6-3-7-11-14/h2-11,15,18H,12H2,1H3,(H,21,27,28). The summed E-state index contributed by atoms with van der Waals surface area (Å²) in [6, 6.07) is 18.5. The van der Waals surface area contributed by atoms with E-state index in [1.54, 1.807) is 7.05 Å². The molecule has 2 atom stereocenters. The van der Waals surface area contributed by atoms with Crippen molar-refractivity contribution < 1.29 is 9.59 Å². The van der Waals surface area contributed by atoms with E-state index >= 15 is 0 Å². The molecule has 0 saturated carbocycles. The van der Waals surface area contributed by atoms with E-state index in [0.717, 1.165) is 11.1 Å². The van der Waals surface area contributed by atoms with Gasteiger partial charge in [-0.1, -0.05) is 60.7 Å². The van der Waals surface area contributed by atoms with Gasteiger partial charge in [0, 0.05) is 19.2 Å². The molecule has 1 aromatic heterocycles. The van der Waals surface area contributed by atoms with E-state index in [1.807, 2.05) is 70.1 Å². The molecule has 28 heavy (non-hydrogen) atoms. The zero-order valence-electron chi connectivity index (χ0n) is 15.2. The number of hydrogen-bond donors (Lipinski definition) is 1. The van der Waals surface area contributed by atoms with Gasteiger partial charge in [0.05, 0.1) is 0 Å². The van der Waals surface area contributed by atoms with Crippen LogP contribution in [0.1, 0.15) is 11.7 Å². The molecule has 0 aliphatic carbocycles. The van der Waals surface area contributed by atoms with E-state index in [4.69, 9.17) is 0 Å². The highest BCUT2D eigenvalue weighted by atomic mass is 16.2. The molecule has 0 radical (unpaired) electrons. The minimum Gasteiger partial charge on any atom is -0.321 e. The van der Waals surface area contributed by atoms with Gasteiger partial charge in [0.25, 0.3) is 5.91 Å². The SMILES string of the molecule is CN1C(=O)NC(=O)C2C1n1c(-c3ccccc3)nnc1N2Cc1ccccc1. The molecular weight excluding hydrogens is 356 g/mol. The smallest absolute Gasteiger partial charge is 0.321 e. The lowest BCUT2D eigenvalue weighted by Crippen LogP contribution is -2.61. The number of urea groups is 1. The van der Waals surface area contributed by atoms with Gasteiger partial charge in [-0.2, -0.15) is 0 Å². The van der Waals surface area contributed by atoms with Gasteiger partial charge in [0.15, 0.2) is 11.9 Å². The topological polar surface area (TPSA) is 83.4 Å². The van der Waals surface area contributed by atoms with Crippen molar-refractivity contribution in [2.45, 2.75) is 18.8 Å². The van der Waals surface area contributed by atoms with Crippen LogP contribution in [0.4, 0.5) is 10.7 Å². The summed E-state index contributed by atoms with van der Waals surface area (Å²) in [5.41, 5.74) is 1.93. The number of nitrogens with zero attached hydrogens (tertiary/aromatic N) is 5. The highest BCUT2D eigenvalue weighted by Gasteiger charge is 2.52. The molecular formula is C20H18N6O2. The second kappa shape index (κ2) is 6.19. The van der Waals surface area contributed by atoms with Gasteiger partial charge >= 0.3 is 6.03 Å². The second-order valence-corrected chi connectivity index (χ2v) is 6.94. The highest BCUT2D eigenvalue weighted by molar-refractivity contribution is 6.02. The minimum absolute atomic E-state index is 0.325. The predicted octanol–water partition coefficient (Wildman–Crippen LogP) is 2.01. The first-order chi connectivity index (χ1) is 13.6. The number of benzene rings is 2. The molecule has 2 aromatic carbocycles. The number of nitrogens with one attached hydrogen (secondary N) is 1. The van der Waals surface area contributed by atoms with E-state index in [0.29, 0.717) is 18.3 Å². The molecule has 2 aliphatic heterocycles. The number of carbonyl (C=O) groups is 2. The summed E-state index contributed by atoms with van der Waals surface area (Å²) in [6.45, 7) is 0.490. The van der Waals surface area contributed by atoms with Crippen molar-refractivity contribution in [1.82, 2.24) is 25.0 Å². The van der Waals surface area contributed by atoms with Crippen LogP contribution in [-0.2, 0) is 11.3 Å². The first kappa shape index (κ1) is 16.5. The number of fused-ring (bicyclic) bond motifs is 3. The average Bonchev–Trinajstić information content (AvgIpc) is 3.27. The molecule has 3 heterocycles. The first-order valence-electron chi connectivity index (χ1n) is 9.03. The number of imide groups is 1. The monoisotopic (exact) mass is 374 g/mol. The largest absolute Gasteiger partial charge is 0.325 e. The maximum Gasteiger partial charge on any atom is 0.325 e. The average molecular weight is 374 g/mol. The number of rotatable bonds is 3. The van der Waals surface area contributed by atoms with Crippen molar-refractivity contribution in [3.05, 3.63) is 66.2 Å². The normalized spacial score (nSPS) is 20.8. The highest BCUT2D eigenvalue weighted by Crippen LogP contribution is 2.41. The number of carbonyl (C=O) groups excluding carboxylic acids is 2. The molecule has 3 aromatic rings. The molecule has 140 valence electrons. The maximum atomic E-state index is 12.8. The number of hydrogen-bond acceptors (Lipinski definition) is 5. The van der Waals surface area contributed by atoms with E-state index < -0.39 is 18.2 Å². The Hall–Kier alpha value is -3.68. The van der Waals surface area contributed by atoms with Gasteiger partial charge in [0.2, 0.25) is 5.95 Å². The van der Waals surface area contributed by atoms with Gasteiger partial charge in [-0.25, -0.2) is 4.79 Å². The summed E-state index contributed by atoms with van der Waals surface area (Å²) in [7, 11) is 1.68. The van der Waals surface area contributed by atoms with Crippen molar-refractivity contribution in [3.63, 3.8) is 0 Å². The van der Waals surface area contributed by atoms with Crippen molar-refractivity contribution in [3.8, 4) is 11.4 Å². The number of aromatic nitrogens is 3. The maximum absolute atomic E-state index is 12.8. The van der Waals surface area contributed by atoms with Crippen molar-refractivity contribution in [1.29, 1.82) is 0 Å². The Balaban J connectivity index is 1.65. The van der Waals surface area contributed by atoms with E-state index in [-0.39, 0.29) is 5.91 Å². The van der Waals surface area contributed by atoms with Crippen LogP contribution >= 0.6 is 0 Å². The third kappa shape index (κ3) is 2.38. The molecule has 8 heteroatoms. The summed E-state index contributed by atoms with van der Waals surface area (Å²) in [5, 5.41) is 11.2. The fourth-order valence-electron chi connectivity index (χ4n) is 3.93. The van der Waals surface area contributed by atoms with Crippen molar-refractivity contribution in [2.75, 3.05) is 11.9 Å². The summed E-state index contributed by atoms with van der Waals surface area (Å²) < 4.78 is 1.89. The summed E-state index contributed by atoms with van der Waals surface area (Å²) >= 11 is 0. The Morgan fingerprint density at radius 3 is 2.36 bits per heavy atom. The van der Waals surface area contributed by atoms with Gasteiger partial charge in [-0.05, 0) is 5.56 Å². The van der Waals surface area contributed by atoms with E-state index in [9.17, 15) is 9.59 Å². The molecule has 3 amide bonds. The quantitative estimate of drug-likeness (QED) is 0.758. The number of amides is 3. The molecule has 5 rings (SSSR count). The predicted molar refractivity (Wildman–Crippen MR) is 102 cm³/mol. The first-order valence-corrected chi connectivity index (χ1v) is 9.03. The summed E-state index contributed by atoms with van der Waals surface area (Å²) in [5.74, 6) is 0.887. The molecule has 0 spiro atoms. The lowest BCUT2D eigenvalue weighted by atomic mass is 10.1. The molecule has 2 unspecified atom stereocenters. The van der Waals surface area contributed by atoms with Crippen LogP contribution in [0.3, 0.4) is 0 Å². The van der Waals surface area contributed by atoms with Crippen LogP contribution in [0.2, 0.25) is 0 Å². The third-order valence-corrected chi connectivity index (χ3v) is 5.26. The van der Waals surface area contributed by atoms with Crippen LogP contribution in [0.5, 0.6) is 0 Å². The minimum atomic E-state index is -0.573. The van der Waals surface area contributed by atoms with Crippen molar-refractivity contribution in [2.24, 2.45) is 0 Å². The van der Waals surface area contributed by atoms with Crippen molar-refractivity contribution >= 4 is 17.9 Å². The van der Waals surface area contributed by atoms with Crippen LogP contribution in [0.25, 0.3) is 11.4 Å². The zero-order valence-corrected chi connectivity index (χ0v) is 15.2. The molecule has 1 fully saturated rings. The fraction of sp³-hybridized carbons (Fsp3) is 0.200. The van der Waals surface area contributed by atoms with Crippen LogP contribution in [-0.4, -0.2) is 44.7 Å². The molecule has 1 N–H and O–H groups in total. The van der Waals surface area contributed by atoms with Gasteiger partial charge in [-0.3, -0.25) is 14.7 Å². The Labute approximate surface area is 161 Å². The van der Waals surface area contributed by atoms with Gasteiger partial charge in [-0.15, -0.1) is 10.2 Å². The Kier molecular flexibility index (Phi) is 3.65. The van der Waals surface area contributed by atoms with E-state index in [1.165, 1.54) is 4.90 Å². The van der Waals surface area contributed by atoms with Gasteiger partial charge in [0.1, 0.15) is 6.17 Å². The van der Waals surface area contributed by atoms with Crippen LogP contribution < -0.4 is 10.2 Å². The molecule has 8 nitrogen and oxygen atoms in total. The Bertz CT molecular complexity index is 1050.